The van der Waals surface area contributed by atoms with Crippen molar-refractivity contribution in [3.05, 3.63) is 25.3 Å². The van der Waals surface area contributed by atoms with Gasteiger partial charge < -0.3 is 19.7 Å². The zero-order valence-electron chi connectivity index (χ0n) is 11.2. The second-order valence-electron chi connectivity index (χ2n) is 3.49. The van der Waals surface area contributed by atoms with Gasteiger partial charge in [0.15, 0.2) is 0 Å². The molecule has 0 aliphatic rings. The van der Waals surface area contributed by atoms with Crippen LogP contribution in [-0.4, -0.2) is 48.1 Å². The van der Waals surface area contributed by atoms with Crippen molar-refractivity contribution < 1.29 is 29.3 Å². The Morgan fingerprint density at radius 2 is 1.68 bits per heavy atom. The quantitative estimate of drug-likeness (QED) is 0.382. The largest absolute Gasteiger partial charge is 0.463 e. The summed E-state index contributed by atoms with van der Waals surface area (Å²) in [6.07, 6.45) is 2.95. The number of hydrogen-bond acceptors (Lipinski definition) is 6. The van der Waals surface area contributed by atoms with Gasteiger partial charge in [0.05, 0.1) is 12.7 Å². The number of esters is 2. The highest BCUT2D eigenvalue weighted by Crippen LogP contribution is 1.88. The lowest BCUT2D eigenvalue weighted by Crippen LogP contribution is -2.13. The number of carbonyl (C=O) groups excluding carboxylic acids is 2. The molecule has 1 unspecified atom stereocenters. The normalized spacial score (nSPS) is 10.5. The first-order valence-corrected chi connectivity index (χ1v) is 5.85. The average Bonchev–Trinajstić information content (AvgIpc) is 2.41. The number of unbranched alkanes of at least 4 members (excludes halogenated alkanes) is 1. The highest BCUT2D eigenvalue weighted by Gasteiger charge is 1.98. The van der Waals surface area contributed by atoms with Gasteiger partial charge in [0.1, 0.15) is 6.61 Å². The molecule has 0 aromatic rings. The summed E-state index contributed by atoms with van der Waals surface area (Å²) in [6.45, 7) is 8.50. The van der Waals surface area contributed by atoms with Crippen molar-refractivity contribution in [3.8, 4) is 0 Å². The van der Waals surface area contributed by atoms with Crippen LogP contribution in [0.25, 0.3) is 0 Å². The standard InChI is InChI=1S/C7H12O3.C6H10O3/c1-2-7(9)10-6-4-3-5-8;1-3-6(8)9-4-5(2)7/h2,8H,1,3-6H2;3,5,7H,1,4H2,2H3. The van der Waals surface area contributed by atoms with Crippen LogP contribution in [0.3, 0.4) is 0 Å². The fraction of sp³-hybridized carbons (Fsp3) is 0.538. The Hall–Kier alpha value is -1.66. The monoisotopic (exact) mass is 274 g/mol. The Balaban J connectivity index is 0. The molecule has 110 valence electrons. The SMILES string of the molecule is C=CC(=O)OCC(C)O.C=CC(=O)OCCCCO. The van der Waals surface area contributed by atoms with Gasteiger partial charge in [-0.25, -0.2) is 9.59 Å². The zero-order chi connectivity index (χ0) is 15.1. The first kappa shape index (κ1) is 19.7. The Kier molecular flexibility index (Phi) is 14.9. The van der Waals surface area contributed by atoms with Crippen LogP contribution in [0.2, 0.25) is 0 Å². The van der Waals surface area contributed by atoms with Crippen molar-refractivity contribution in [2.24, 2.45) is 0 Å². The fourth-order valence-corrected chi connectivity index (χ4v) is 0.707. The van der Waals surface area contributed by atoms with E-state index in [1.165, 1.54) is 6.92 Å². The minimum absolute atomic E-state index is 0.0326. The van der Waals surface area contributed by atoms with E-state index >= 15 is 0 Å². The summed E-state index contributed by atoms with van der Waals surface area (Å²) in [6, 6.07) is 0. The van der Waals surface area contributed by atoms with Crippen LogP contribution in [0.5, 0.6) is 0 Å². The molecule has 0 aromatic carbocycles. The van der Waals surface area contributed by atoms with Gasteiger partial charge in [-0.3, -0.25) is 0 Å². The smallest absolute Gasteiger partial charge is 0.330 e. The first-order chi connectivity index (χ1) is 8.97. The van der Waals surface area contributed by atoms with E-state index in [2.05, 4.69) is 22.6 Å². The molecule has 0 aliphatic carbocycles. The summed E-state index contributed by atoms with van der Waals surface area (Å²) in [5.74, 6) is -0.908. The summed E-state index contributed by atoms with van der Waals surface area (Å²) >= 11 is 0. The van der Waals surface area contributed by atoms with Crippen LogP contribution in [-0.2, 0) is 19.1 Å². The van der Waals surface area contributed by atoms with Crippen LogP contribution < -0.4 is 0 Å². The van der Waals surface area contributed by atoms with E-state index in [0.717, 1.165) is 12.2 Å². The molecule has 2 N–H and O–H groups in total. The summed E-state index contributed by atoms with van der Waals surface area (Å²) in [7, 11) is 0. The molecule has 19 heavy (non-hydrogen) atoms. The third kappa shape index (κ3) is 18.9. The average molecular weight is 274 g/mol. The molecule has 0 spiro atoms. The molecule has 0 fully saturated rings. The van der Waals surface area contributed by atoms with Crippen molar-refractivity contribution in [2.75, 3.05) is 19.8 Å². The van der Waals surface area contributed by atoms with E-state index in [0.29, 0.717) is 19.4 Å². The maximum absolute atomic E-state index is 10.4. The molecule has 6 nitrogen and oxygen atoms in total. The minimum Gasteiger partial charge on any atom is -0.463 e. The molecule has 6 heteroatoms. The van der Waals surface area contributed by atoms with E-state index in [4.69, 9.17) is 10.2 Å². The van der Waals surface area contributed by atoms with Crippen LogP contribution in [0.15, 0.2) is 25.3 Å². The number of carbonyl (C=O) groups is 2. The van der Waals surface area contributed by atoms with Gasteiger partial charge in [-0.2, -0.15) is 0 Å². The van der Waals surface area contributed by atoms with E-state index in [-0.39, 0.29) is 13.2 Å². The molecule has 1 atom stereocenters. The molecule has 0 radical (unpaired) electrons. The number of rotatable bonds is 8. The van der Waals surface area contributed by atoms with E-state index in [9.17, 15) is 9.59 Å². The molecule has 0 aliphatic heterocycles. The summed E-state index contributed by atoms with van der Waals surface area (Å²) < 4.78 is 9.07. The predicted molar refractivity (Wildman–Crippen MR) is 70.3 cm³/mol. The highest BCUT2D eigenvalue weighted by molar-refractivity contribution is 5.81. The molecule has 0 rings (SSSR count). The molecule has 0 amide bonds. The van der Waals surface area contributed by atoms with Crippen molar-refractivity contribution in [3.63, 3.8) is 0 Å². The fourth-order valence-electron chi connectivity index (χ4n) is 0.707. The van der Waals surface area contributed by atoms with Crippen molar-refractivity contribution in [1.29, 1.82) is 0 Å². The van der Waals surface area contributed by atoms with Crippen LogP contribution in [0.4, 0.5) is 0 Å². The van der Waals surface area contributed by atoms with Gasteiger partial charge in [-0.15, -0.1) is 0 Å². The van der Waals surface area contributed by atoms with Crippen LogP contribution in [0.1, 0.15) is 19.8 Å². The molecular weight excluding hydrogens is 252 g/mol. The summed E-state index contributed by atoms with van der Waals surface area (Å²) in [5.41, 5.74) is 0. The third-order valence-electron chi connectivity index (χ3n) is 1.60. The van der Waals surface area contributed by atoms with Gasteiger partial charge in [-0.05, 0) is 19.8 Å². The zero-order valence-corrected chi connectivity index (χ0v) is 11.2. The second-order valence-corrected chi connectivity index (χ2v) is 3.49. The Morgan fingerprint density at radius 1 is 1.16 bits per heavy atom. The van der Waals surface area contributed by atoms with Crippen molar-refractivity contribution in [2.45, 2.75) is 25.9 Å². The Bertz CT molecular complexity index is 272. The lowest BCUT2D eigenvalue weighted by molar-refractivity contribution is -0.140. The second kappa shape index (κ2) is 14.4. The maximum Gasteiger partial charge on any atom is 0.330 e. The number of ether oxygens (including phenoxy) is 2. The van der Waals surface area contributed by atoms with E-state index in [1.807, 2.05) is 0 Å². The molecule has 0 saturated heterocycles. The van der Waals surface area contributed by atoms with Gasteiger partial charge in [0.25, 0.3) is 0 Å². The minimum atomic E-state index is -0.603. The molecule has 0 saturated carbocycles. The number of aliphatic hydroxyl groups is 2. The van der Waals surface area contributed by atoms with Gasteiger partial charge in [0.2, 0.25) is 0 Å². The van der Waals surface area contributed by atoms with Crippen LogP contribution >= 0.6 is 0 Å². The van der Waals surface area contributed by atoms with Crippen molar-refractivity contribution in [1.82, 2.24) is 0 Å². The van der Waals surface area contributed by atoms with E-state index in [1.54, 1.807) is 0 Å². The van der Waals surface area contributed by atoms with Gasteiger partial charge in [0, 0.05) is 18.8 Å². The first-order valence-electron chi connectivity index (χ1n) is 5.85. The maximum atomic E-state index is 10.4. The molecule has 0 heterocycles. The topological polar surface area (TPSA) is 93.1 Å². The molecule has 0 bridgehead atoms. The van der Waals surface area contributed by atoms with Gasteiger partial charge >= 0.3 is 11.9 Å². The lowest BCUT2D eigenvalue weighted by atomic mass is 10.3. The third-order valence-corrected chi connectivity index (χ3v) is 1.60. The molecule has 0 aromatic heterocycles. The Labute approximate surface area is 113 Å². The molecular formula is C13H22O6. The van der Waals surface area contributed by atoms with Crippen molar-refractivity contribution >= 4 is 11.9 Å². The highest BCUT2D eigenvalue weighted by atomic mass is 16.5. The number of aliphatic hydroxyl groups excluding tert-OH is 2. The summed E-state index contributed by atoms with van der Waals surface area (Å²) in [5, 5.41) is 16.9. The summed E-state index contributed by atoms with van der Waals surface area (Å²) in [4.78, 5) is 20.6. The predicted octanol–water partition coefficient (Wildman–Crippen LogP) is 0.584. The number of hydrogen-bond donors (Lipinski definition) is 2. The Morgan fingerprint density at radius 3 is 2.11 bits per heavy atom. The van der Waals surface area contributed by atoms with E-state index < -0.39 is 18.0 Å². The lowest BCUT2D eigenvalue weighted by Gasteiger charge is -2.02. The van der Waals surface area contributed by atoms with Gasteiger partial charge in [-0.1, -0.05) is 13.2 Å². The van der Waals surface area contributed by atoms with Crippen LogP contribution in [0, 0.1) is 0 Å².